The molecule has 2 aromatic carbocycles. The van der Waals surface area contributed by atoms with Crippen molar-refractivity contribution in [3.05, 3.63) is 76.8 Å². The highest BCUT2D eigenvalue weighted by molar-refractivity contribution is 6.35. The van der Waals surface area contributed by atoms with Gasteiger partial charge in [0.15, 0.2) is 0 Å². The van der Waals surface area contributed by atoms with Crippen LogP contribution in [0.2, 0.25) is 10.0 Å². The minimum Gasteiger partial charge on any atom is -0.491 e. The predicted molar refractivity (Wildman–Crippen MR) is 138 cm³/mol. The fourth-order valence-corrected chi connectivity index (χ4v) is 5.04. The van der Waals surface area contributed by atoms with Crippen molar-refractivity contribution < 1.29 is 23.1 Å². The second-order valence-corrected chi connectivity index (χ2v) is 9.59. The fourth-order valence-electron chi connectivity index (χ4n) is 4.49. The summed E-state index contributed by atoms with van der Waals surface area (Å²) >= 11 is 12.6. The molecule has 1 amide bonds. The molecule has 0 bridgehead atoms. The van der Waals surface area contributed by atoms with Crippen LogP contribution in [0.3, 0.4) is 0 Å². The number of ether oxygens (including phenoxy) is 3. The molecule has 0 unspecified atom stereocenters. The maximum absolute atomic E-state index is 12.0. The van der Waals surface area contributed by atoms with E-state index in [1.807, 2.05) is 41.1 Å². The van der Waals surface area contributed by atoms with E-state index in [0.717, 1.165) is 5.69 Å². The summed E-state index contributed by atoms with van der Waals surface area (Å²) in [5.41, 5.74) is 1.65. The number of imidazole rings is 1. The number of hydrogen-bond donors (Lipinski definition) is 0. The molecule has 10 heteroatoms. The summed E-state index contributed by atoms with van der Waals surface area (Å²) in [6.07, 6.45) is 4.86. The zero-order valence-corrected chi connectivity index (χ0v) is 21.0. The van der Waals surface area contributed by atoms with E-state index >= 15 is 0 Å². The molecule has 0 saturated carbocycles. The number of carbonyl (C=O) groups excluding carboxylic acids is 1. The van der Waals surface area contributed by atoms with Crippen molar-refractivity contribution in [1.82, 2.24) is 14.5 Å². The highest BCUT2D eigenvalue weighted by Gasteiger charge is 2.45. The van der Waals surface area contributed by atoms with Gasteiger partial charge in [-0.3, -0.25) is 4.79 Å². The van der Waals surface area contributed by atoms with Crippen LogP contribution >= 0.6 is 23.2 Å². The van der Waals surface area contributed by atoms with Crippen molar-refractivity contribution in [2.45, 2.75) is 25.3 Å². The van der Waals surface area contributed by atoms with Crippen LogP contribution in [0.25, 0.3) is 0 Å². The molecule has 0 aliphatic carbocycles. The summed E-state index contributed by atoms with van der Waals surface area (Å²) in [4.78, 5) is 19.6. The Balaban J connectivity index is 1.19. The normalized spacial score (nSPS) is 23.7. The van der Waals surface area contributed by atoms with Crippen LogP contribution in [-0.4, -0.2) is 65.9 Å². The summed E-state index contributed by atoms with van der Waals surface area (Å²) < 4.78 is 42.5. The average Bonchev–Trinajstić information content (AvgIpc) is 3.57. The van der Waals surface area contributed by atoms with Gasteiger partial charge in [0.1, 0.15) is 18.5 Å². The van der Waals surface area contributed by atoms with Crippen molar-refractivity contribution in [3.8, 4) is 5.75 Å². The van der Waals surface area contributed by atoms with Crippen LogP contribution in [0.5, 0.6) is 5.75 Å². The number of carbonyl (C=O) groups is 1. The van der Waals surface area contributed by atoms with Gasteiger partial charge in [0, 0.05) is 65.8 Å². The first kappa shape index (κ1) is 21.3. The number of anilines is 1. The second kappa shape index (κ2) is 10.7. The van der Waals surface area contributed by atoms with Gasteiger partial charge in [-0.05, 0) is 36.4 Å². The Labute approximate surface area is 224 Å². The number of aromatic nitrogens is 2. The molecule has 3 aromatic rings. The first-order valence-corrected chi connectivity index (χ1v) is 12.4. The molecule has 2 fully saturated rings. The number of rotatable bonds is 7. The lowest BCUT2D eigenvalue weighted by atomic mass is 10.1. The Morgan fingerprint density at radius 3 is 2.69 bits per heavy atom. The van der Waals surface area contributed by atoms with E-state index < -0.39 is 18.5 Å². The van der Waals surface area contributed by atoms with Gasteiger partial charge >= 0.3 is 0 Å². The largest absolute Gasteiger partial charge is 0.491 e. The third kappa shape index (κ3) is 5.47. The standard InChI is InChI=1S/C26H28Cl2N4O4/c1-19(33)31-10-12-32(13-11-31)21-3-5-22(6-4-21)34-15-23-16-35-26(36-23,17-30-9-8-29-18-30)24-7-2-20(27)14-25(24)28/h2-9,14,18,23H,10-13,15-17H2,1H3/t23-,26-/m1/s1/i1D3. The van der Waals surface area contributed by atoms with Crippen molar-refractivity contribution >= 4 is 34.8 Å². The van der Waals surface area contributed by atoms with Crippen molar-refractivity contribution in [1.29, 1.82) is 0 Å². The van der Waals surface area contributed by atoms with Gasteiger partial charge in [-0.2, -0.15) is 0 Å². The molecule has 0 N–H and O–H groups in total. The Kier molecular flexibility index (Phi) is 6.33. The Hall–Kier alpha value is -2.78. The summed E-state index contributed by atoms with van der Waals surface area (Å²) in [5, 5.41) is 0.970. The molecule has 3 heterocycles. The van der Waals surface area contributed by atoms with E-state index in [0.29, 0.717) is 60.7 Å². The average molecular weight is 534 g/mol. The zero-order valence-electron chi connectivity index (χ0n) is 22.5. The molecule has 0 radical (unpaired) electrons. The summed E-state index contributed by atoms with van der Waals surface area (Å²) in [6.45, 7) is 0.181. The molecule has 190 valence electrons. The summed E-state index contributed by atoms with van der Waals surface area (Å²) in [7, 11) is 0. The van der Waals surface area contributed by atoms with Gasteiger partial charge in [-0.25, -0.2) is 4.98 Å². The van der Waals surface area contributed by atoms with Crippen LogP contribution in [0, 0.1) is 0 Å². The first-order valence-electron chi connectivity index (χ1n) is 13.1. The zero-order chi connectivity index (χ0) is 27.6. The number of benzene rings is 2. The molecule has 2 atom stereocenters. The van der Waals surface area contributed by atoms with Gasteiger partial charge in [0.2, 0.25) is 11.7 Å². The van der Waals surface area contributed by atoms with E-state index in [4.69, 9.17) is 41.5 Å². The third-order valence-corrected chi connectivity index (χ3v) is 6.90. The maximum atomic E-state index is 12.0. The number of amides is 1. The molecule has 5 rings (SSSR count). The summed E-state index contributed by atoms with van der Waals surface area (Å²) in [6, 6.07) is 12.9. The van der Waals surface area contributed by atoms with Crippen molar-refractivity contribution in [3.63, 3.8) is 0 Å². The summed E-state index contributed by atoms with van der Waals surface area (Å²) in [5.74, 6) is -1.24. The van der Waals surface area contributed by atoms with E-state index in [9.17, 15) is 4.79 Å². The highest BCUT2D eigenvalue weighted by atomic mass is 35.5. The number of piperazine rings is 1. The van der Waals surface area contributed by atoms with Gasteiger partial charge in [0.25, 0.3) is 0 Å². The van der Waals surface area contributed by atoms with Crippen LogP contribution < -0.4 is 9.64 Å². The van der Waals surface area contributed by atoms with Gasteiger partial charge in [0.05, 0.1) is 24.5 Å². The quantitative estimate of drug-likeness (QED) is 0.453. The van der Waals surface area contributed by atoms with Crippen LogP contribution in [0.4, 0.5) is 5.69 Å². The van der Waals surface area contributed by atoms with E-state index in [1.165, 1.54) is 4.90 Å². The molecule has 8 nitrogen and oxygen atoms in total. The Morgan fingerprint density at radius 2 is 2.00 bits per heavy atom. The monoisotopic (exact) mass is 533 g/mol. The van der Waals surface area contributed by atoms with Gasteiger partial charge < -0.3 is 28.6 Å². The molecule has 1 aromatic heterocycles. The van der Waals surface area contributed by atoms with E-state index in [1.54, 1.807) is 24.7 Å². The number of hydrogen-bond acceptors (Lipinski definition) is 6. The molecular weight excluding hydrogens is 503 g/mol. The first-order chi connectivity index (χ1) is 18.6. The maximum Gasteiger partial charge on any atom is 0.219 e. The van der Waals surface area contributed by atoms with Gasteiger partial charge in [-0.15, -0.1) is 0 Å². The fraction of sp³-hybridized carbons (Fsp3) is 0.385. The van der Waals surface area contributed by atoms with Crippen molar-refractivity contribution in [2.24, 2.45) is 0 Å². The van der Waals surface area contributed by atoms with Crippen LogP contribution in [-0.2, 0) is 26.6 Å². The molecule has 0 spiro atoms. The lowest BCUT2D eigenvalue weighted by Crippen LogP contribution is -2.48. The van der Waals surface area contributed by atoms with E-state index in [2.05, 4.69) is 9.88 Å². The van der Waals surface area contributed by atoms with Crippen LogP contribution in [0.1, 0.15) is 16.5 Å². The van der Waals surface area contributed by atoms with Crippen LogP contribution in [0.15, 0.2) is 61.2 Å². The minimum absolute atomic E-state index is 0.270. The van der Waals surface area contributed by atoms with Gasteiger partial charge in [-0.1, -0.05) is 29.3 Å². The number of halogens is 2. The lowest BCUT2D eigenvalue weighted by molar-refractivity contribution is -0.189. The molecule has 36 heavy (non-hydrogen) atoms. The SMILES string of the molecule is [2H]C([2H])([2H])C(=O)N1CCN(c2ccc(OC[C@@H]3CO[C@@](Cn4ccnc4)(c4ccc(Cl)cc4Cl)O3)cc2)CC1. The number of nitrogens with zero attached hydrogens (tertiary/aromatic N) is 4. The van der Waals surface area contributed by atoms with Crippen molar-refractivity contribution in [2.75, 3.05) is 44.3 Å². The Morgan fingerprint density at radius 1 is 1.19 bits per heavy atom. The minimum atomic E-state index is -2.60. The third-order valence-electron chi connectivity index (χ3n) is 6.36. The Bertz CT molecular complexity index is 1290. The molecule has 2 aliphatic heterocycles. The molecule has 2 saturated heterocycles. The smallest absolute Gasteiger partial charge is 0.219 e. The second-order valence-electron chi connectivity index (χ2n) is 8.75. The highest BCUT2D eigenvalue weighted by Crippen LogP contribution is 2.40. The van der Waals surface area contributed by atoms with E-state index in [-0.39, 0.29) is 12.7 Å². The predicted octanol–water partition coefficient (Wildman–Crippen LogP) is 4.21. The molecular formula is C26H28Cl2N4O4. The molecule has 2 aliphatic rings. The topological polar surface area (TPSA) is 69.1 Å². The lowest BCUT2D eigenvalue weighted by Gasteiger charge is -2.35.